The SMILES string of the molecule is Cc1ccccc1CC(=O)NC(=S)NNC(=O)COc1c(C)cccc1C. The van der Waals surface area contributed by atoms with E-state index in [0.29, 0.717) is 5.75 Å². The first kappa shape index (κ1) is 20.4. The van der Waals surface area contributed by atoms with E-state index in [1.807, 2.05) is 63.2 Å². The zero-order valence-electron chi connectivity index (χ0n) is 15.6. The largest absolute Gasteiger partial charge is 0.483 e. The van der Waals surface area contributed by atoms with Gasteiger partial charge in [0.15, 0.2) is 11.7 Å². The minimum Gasteiger partial charge on any atom is -0.483 e. The molecule has 0 fully saturated rings. The summed E-state index contributed by atoms with van der Waals surface area (Å²) in [5.74, 6) is 0.0118. The third-order valence-electron chi connectivity index (χ3n) is 3.94. The monoisotopic (exact) mass is 385 g/mol. The van der Waals surface area contributed by atoms with Crippen LogP contribution in [0, 0.1) is 20.8 Å². The van der Waals surface area contributed by atoms with Gasteiger partial charge in [-0.3, -0.25) is 20.4 Å². The molecule has 0 aliphatic carbocycles. The first-order valence-electron chi connectivity index (χ1n) is 8.49. The summed E-state index contributed by atoms with van der Waals surface area (Å²) in [6.45, 7) is 5.60. The average molecular weight is 385 g/mol. The standard InChI is InChI=1S/C20H23N3O3S/c1-13-7-4-5-10-16(13)11-17(24)21-20(27)23-22-18(25)12-26-19-14(2)8-6-9-15(19)3/h4-10H,11-12H2,1-3H3,(H,22,25)(H2,21,23,24,27). The highest BCUT2D eigenvalue weighted by Crippen LogP contribution is 2.21. The highest BCUT2D eigenvalue weighted by molar-refractivity contribution is 7.80. The molecule has 0 aliphatic heterocycles. The van der Waals surface area contributed by atoms with Crippen LogP contribution in [0.2, 0.25) is 0 Å². The Morgan fingerprint density at radius 3 is 2.19 bits per heavy atom. The van der Waals surface area contributed by atoms with E-state index in [4.69, 9.17) is 17.0 Å². The van der Waals surface area contributed by atoms with Crippen LogP contribution in [0.25, 0.3) is 0 Å². The number of ether oxygens (including phenoxy) is 1. The van der Waals surface area contributed by atoms with E-state index in [1.54, 1.807) is 0 Å². The zero-order valence-corrected chi connectivity index (χ0v) is 16.4. The Labute approximate surface area is 164 Å². The molecule has 2 aromatic carbocycles. The van der Waals surface area contributed by atoms with Gasteiger partial charge in [0.05, 0.1) is 6.42 Å². The van der Waals surface area contributed by atoms with Crippen LogP contribution in [-0.2, 0) is 16.0 Å². The number of thiocarbonyl (C=S) groups is 1. The van der Waals surface area contributed by atoms with Crippen LogP contribution >= 0.6 is 12.2 Å². The molecular formula is C20H23N3O3S. The summed E-state index contributed by atoms with van der Waals surface area (Å²) in [4.78, 5) is 23.9. The van der Waals surface area contributed by atoms with Crippen molar-refractivity contribution >= 4 is 29.1 Å². The van der Waals surface area contributed by atoms with Gasteiger partial charge in [-0.25, -0.2) is 0 Å². The normalized spacial score (nSPS) is 10.0. The third kappa shape index (κ3) is 6.38. The number of rotatable bonds is 5. The summed E-state index contributed by atoms with van der Waals surface area (Å²) >= 11 is 5.02. The Morgan fingerprint density at radius 1 is 0.889 bits per heavy atom. The fraction of sp³-hybridized carbons (Fsp3) is 0.250. The van der Waals surface area contributed by atoms with Crippen LogP contribution in [0.3, 0.4) is 0 Å². The number of amides is 2. The van der Waals surface area contributed by atoms with Crippen LogP contribution in [-0.4, -0.2) is 23.5 Å². The quantitative estimate of drug-likeness (QED) is 0.543. The number of hydrazine groups is 1. The van der Waals surface area contributed by atoms with Gasteiger partial charge in [-0.1, -0.05) is 42.5 Å². The molecular weight excluding hydrogens is 362 g/mol. The van der Waals surface area contributed by atoms with Gasteiger partial charge in [-0.15, -0.1) is 0 Å². The summed E-state index contributed by atoms with van der Waals surface area (Å²) in [6.07, 6.45) is 0.206. The van der Waals surface area contributed by atoms with Gasteiger partial charge in [-0.05, 0) is 55.2 Å². The fourth-order valence-corrected chi connectivity index (χ4v) is 2.68. The second-order valence-corrected chi connectivity index (χ2v) is 6.57. The lowest BCUT2D eigenvalue weighted by Gasteiger charge is -2.13. The summed E-state index contributed by atoms with van der Waals surface area (Å²) in [7, 11) is 0. The Balaban J connectivity index is 1.74. The Hall–Kier alpha value is -2.93. The third-order valence-corrected chi connectivity index (χ3v) is 4.14. The van der Waals surface area contributed by atoms with Crippen LogP contribution in [0.4, 0.5) is 0 Å². The van der Waals surface area contributed by atoms with Crippen LogP contribution in [0.1, 0.15) is 22.3 Å². The predicted molar refractivity (Wildman–Crippen MR) is 108 cm³/mol. The highest BCUT2D eigenvalue weighted by atomic mass is 32.1. The van der Waals surface area contributed by atoms with Crippen molar-refractivity contribution in [3.8, 4) is 5.75 Å². The number of benzene rings is 2. The van der Waals surface area contributed by atoms with Gasteiger partial charge in [0.25, 0.3) is 5.91 Å². The molecule has 142 valence electrons. The minimum absolute atomic E-state index is 0.0222. The summed E-state index contributed by atoms with van der Waals surface area (Å²) < 4.78 is 5.55. The Morgan fingerprint density at radius 2 is 1.52 bits per heavy atom. The van der Waals surface area contributed by atoms with Gasteiger partial charge >= 0.3 is 0 Å². The van der Waals surface area contributed by atoms with E-state index in [2.05, 4.69) is 16.2 Å². The first-order chi connectivity index (χ1) is 12.9. The van der Waals surface area contributed by atoms with E-state index >= 15 is 0 Å². The van der Waals surface area contributed by atoms with Crippen molar-refractivity contribution in [2.24, 2.45) is 0 Å². The number of hydrogen-bond acceptors (Lipinski definition) is 4. The zero-order chi connectivity index (χ0) is 19.8. The number of carbonyl (C=O) groups excluding carboxylic acids is 2. The predicted octanol–water partition coefficient (Wildman–Crippen LogP) is 2.26. The number of aryl methyl sites for hydroxylation is 3. The van der Waals surface area contributed by atoms with E-state index in [1.165, 1.54) is 0 Å². The highest BCUT2D eigenvalue weighted by Gasteiger charge is 2.10. The topological polar surface area (TPSA) is 79.5 Å². The maximum absolute atomic E-state index is 12.0. The molecule has 3 N–H and O–H groups in total. The smallest absolute Gasteiger partial charge is 0.276 e. The molecule has 6 nitrogen and oxygen atoms in total. The molecule has 0 aromatic heterocycles. The van der Waals surface area contributed by atoms with Gasteiger partial charge < -0.3 is 10.1 Å². The number of nitrogens with one attached hydrogen (secondary N) is 3. The van der Waals surface area contributed by atoms with Crippen molar-refractivity contribution in [1.29, 1.82) is 0 Å². The second-order valence-electron chi connectivity index (χ2n) is 6.16. The summed E-state index contributed by atoms with van der Waals surface area (Å²) in [6, 6.07) is 13.4. The molecule has 0 radical (unpaired) electrons. The van der Waals surface area contributed by atoms with E-state index < -0.39 is 5.91 Å². The van der Waals surface area contributed by atoms with Crippen molar-refractivity contribution < 1.29 is 14.3 Å². The molecule has 0 spiro atoms. The van der Waals surface area contributed by atoms with Gasteiger partial charge in [0.1, 0.15) is 5.75 Å². The Kier molecular flexibility index (Phi) is 7.31. The van der Waals surface area contributed by atoms with Crippen molar-refractivity contribution in [2.75, 3.05) is 6.61 Å². The molecule has 2 amide bonds. The first-order valence-corrected chi connectivity index (χ1v) is 8.90. The molecule has 0 unspecified atom stereocenters. The number of para-hydroxylation sites is 1. The molecule has 0 aliphatic rings. The molecule has 0 saturated carbocycles. The molecule has 2 rings (SSSR count). The lowest BCUT2D eigenvalue weighted by molar-refractivity contribution is -0.124. The van der Waals surface area contributed by atoms with Crippen LogP contribution in [0.5, 0.6) is 5.75 Å². The van der Waals surface area contributed by atoms with Crippen molar-refractivity contribution in [2.45, 2.75) is 27.2 Å². The van der Waals surface area contributed by atoms with E-state index in [0.717, 1.165) is 22.3 Å². The van der Waals surface area contributed by atoms with Crippen molar-refractivity contribution in [3.05, 3.63) is 64.7 Å². The lowest BCUT2D eigenvalue weighted by Crippen LogP contribution is -2.50. The Bertz CT molecular complexity index is 832. The molecule has 27 heavy (non-hydrogen) atoms. The number of carbonyl (C=O) groups is 2. The average Bonchev–Trinajstić information content (AvgIpc) is 2.61. The molecule has 7 heteroatoms. The van der Waals surface area contributed by atoms with Gasteiger partial charge in [0, 0.05) is 0 Å². The van der Waals surface area contributed by atoms with Crippen molar-refractivity contribution in [3.63, 3.8) is 0 Å². The summed E-state index contributed by atoms with van der Waals surface area (Å²) in [5.41, 5.74) is 8.76. The maximum Gasteiger partial charge on any atom is 0.276 e. The molecule has 0 atom stereocenters. The lowest BCUT2D eigenvalue weighted by atomic mass is 10.1. The summed E-state index contributed by atoms with van der Waals surface area (Å²) in [5, 5.41) is 2.55. The fourth-order valence-electron chi connectivity index (χ4n) is 2.51. The minimum atomic E-state index is -0.409. The maximum atomic E-state index is 12.0. The molecule has 0 heterocycles. The van der Waals surface area contributed by atoms with Crippen LogP contribution < -0.4 is 20.9 Å². The van der Waals surface area contributed by atoms with Crippen molar-refractivity contribution in [1.82, 2.24) is 16.2 Å². The van der Waals surface area contributed by atoms with E-state index in [9.17, 15) is 9.59 Å². The second kappa shape index (κ2) is 9.68. The van der Waals surface area contributed by atoms with Crippen LogP contribution in [0.15, 0.2) is 42.5 Å². The number of hydrogen-bond donors (Lipinski definition) is 3. The molecule has 0 bridgehead atoms. The van der Waals surface area contributed by atoms with Gasteiger partial charge in [-0.2, -0.15) is 0 Å². The molecule has 0 saturated heterocycles. The molecule has 2 aromatic rings. The van der Waals surface area contributed by atoms with Gasteiger partial charge in [0.2, 0.25) is 5.91 Å². The van der Waals surface area contributed by atoms with E-state index in [-0.39, 0.29) is 24.0 Å².